The number of nitrogens with one attached hydrogen (secondary N) is 2. The van der Waals surface area contributed by atoms with Gasteiger partial charge >= 0.3 is 0 Å². The van der Waals surface area contributed by atoms with E-state index in [0.29, 0.717) is 6.54 Å². The standard InChI is InChI=1S/C11H20N2O3S/c14-11(13-10-3-4-10)8-17(15,16)6-5-12-7-9-1-2-9/h9-10,12H,1-8H2,(H,13,14). The van der Waals surface area contributed by atoms with Gasteiger partial charge < -0.3 is 10.6 Å². The van der Waals surface area contributed by atoms with E-state index in [2.05, 4.69) is 10.6 Å². The molecule has 98 valence electrons. The van der Waals surface area contributed by atoms with Gasteiger partial charge in [0.05, 0.1) is 5.75 Å². The molecule has 2 fully saturated rings. The lowest BCUT2D eigenvalue weighted by atomic mass is 10.4. The van der Waals surface area contributed by atoms with Crippen LogP contribution >= 0.6 is 0 Å². The van der Waals surface area contributed by atoms with E-state index in [-0.39, 0.29) is 23.5 Å². The van der Waals surface area contributed by atoms with Gasteiger partial charge in [0.15, 0.2) is 9.84 Å². The Labute approximate surface area is 102 Å². The fraction of sp³-hybridized carbons (Fsp3) is 0.909. The first kappa shape index (κ1) is 12.8. The number of carbonyl (C=O) groups excluding carboxylic acids is 1. The molecule has 0 saturated heterocycles. The van der Waals surface area contributed by atoms with Gasteiger partial charge in [0, 0.05) is 12.6 Å². The van der Waals surface area contributed by atoms with E-state index in [1.165, 1.54) is 12.8 Å². The summed E-state index contributed by atoms with van der Waals surface area (Å²) in [4.78, 5) is 11.3. The Hall–Kier alpha value is -0.620. The van der Waals surface area contributed by atoms with Crippen LogP contribution in [-0.2, 0) is 14.6 Å². The van der Waals surface area contributed by atoms with Gasteiger partial charge in [-0.1, -0.05) is 0 Å². The molecule has 1 amide bonds. The lowest BCUT2D eigenvalue weighted by molar-refractivity contribution is -0.118. The molecule has 2 rings (SSSR count). The molecular weight excluding hydrogens is 240 g/mol. The van der Waals surface area contributed by atoms with Crippen molar-refractivity contribution in [1.29, 1.82) is 0 Å². The molecule has 0 aromatic carbocycles. The Balaban J connectivity index is 1.60. The van der Waals surface area contributed by atoms with Gasteiger partial charge in [-0.2, -0.15) is 0 Å². The van der Waals surface area contributed by atoms with E-state index >= 15 is 0 Å². The van der Waals surface area contributed by atoms with Crippen molar-refractivity contribution >= 4 is 15.7 Å². The lowest BCUT2D eigenvalue weighted by Crippen LogP contribution is -2.34. The average molecular weight is 260 g/mol. The molecule has 0 atom stereocenters. The van der Waals surface area contributed by atoms with E-state index < -0.39 is 9.84 Å². The van der Waals surface area contributed by atoms with Gasteiger partial charge in [0.25, 0.3) is 0 Å². The maximum atomic E-state index is 11.6. The third-order valence-corrected chi connectivity index (χ3v) is 4.54. The summed E-state index contributed by atoms with van der Waals surface area (Å²) in [7, 11) is -3.25. The van der Waals surface area contributed by atoms with E-state index in [0.717, 1.165) is 25.3 Å². The van der Waals surface area contributed by atoms with Gasteiger partial charge in [0.1, 0.15) is 5.75 Å². The van der Waals surface area contributed by atoms with Gasteiger partial charge in [-0.05, 0) is 38.1 Å². The van der Waals surface area contributed by atoms with Crippen molar-refractivity contribution in [2.24, 2.45) is 5.92 Å². The normalized spacial score (nSPS) is 20.2. The second kappa shape index (κ2) is 5.35. The minimum Gasteiger partial charge on any atom is -0.352 e. The molecule has 0 radical (unpaired) electrons. The van der Waals surface area contributed by atoms with Gasteiger partial charge in [-0.3, -0.25) is 4.79 Å². The summed E-state index contributed by atoms with van der Waals surface area (Å²) in [5, 5.41) is 5.81. The summed E-state index contributed by atoms with van der Waals surface area (Å²) >= 11 is 0. The summed E-state index contributed by atoms with van der Waals surface area (Å²) in [6.45, 7) is 1.36. The average Bonchev–Trinajstić information content (AvgIpc) is 3.05. The summed E-state index contributed by atoms with van der Waals surface area (Å²) in [6.07, 6.45) is 4.47. The van der Waals surface area contributed by atoms with Crippen molar-refractivity contribution in [3.05, 3.63) is 0 Å². The van der Waals surface area contributed by atoms with Crippen molar-refractivity contribution in [3.63, 3.8) is 0 Å². The zero-order chi connectivity index (χ0) is 12.3. The Bertz CT molecular complexity index is 372. The molecule has 2 saturated carbocycles. The molecule has 0 unspecified atom stereocenters. The minimum absolute atomic E-state index is 0.0534. The molecule has 2 aliphatic carbocycles. The number of amides is 1. The first-order chi connectivity index (χ1) is 8.05. The molecule has 0 aromatic heterocycles. The van der Waals surface area contributed by atoms with Crippen LogP contribution in [0.4, 0.5) is 0 Å². The van der Waals surface area contributed by atoms with E-state index in [9.17, 15) is 13.2 Å². The first-order valence-corrected chi connectivity index (χ1v) is 8.08. The SMILES string of the molecule is O=C(CS(=O)(=O)CCNCC1CC1)NC1CC1. The lowest BCUT2D eigenvalue weighted by Gasteiger charge is -2.06. The Morgan fingerprint density at radius 1 is 1.18 bits per heavy atom. The van der Waals surface area contributed by atoms with Crippen LogP contribution in [0.1, 0.15) is 25.7 Å². The number of hydrogen-bond donors (Lipinski definition) is 2. The summed E-state index contributed by atoms with van der Waals surface area (Å²) in [5.41, 5.74) is 0. The van der Waals surface area contributed by atoms with Crippen molar-refractivity contribution in [2.75, 3.05) is 24.6 Å². The van der Waals surface area contributed by atoms with Crippen molar-refractivity contribution in [1.82, 2.24) is 10.6 Å². The number of hydrogen-bond acceptors (Lipinski definition) is 4. The third kappa shape index (κ3) is 5.50. The van der Waals surface area contributed by atoms with Crippen LogP contribution in [0.5, 0.6) is 0 Å². The summed E-state index contributed by atoms with van der Waals surface area (Å²) in [5.74, 6) is 0.0810. The minimum atomic E-state index is -3.25. The molecule has 0 aromatic rings. The fourth-order valence-electron chi connectivity index (χ4n) is 1.62. The zero-order valence-corrected chi connectivity index (χ0v) is 10.8. The van der Waals surface area contributed by atoms with Crippen molar-refractivity contribution in [3.8, 4) is 0 Å². The first-order valence-electron chi connectivity index (χ1n) is 6.26. The molecule has 0 heterocycles. The van der Waals surface area contributed by atoms with Gasteiger partial charge in [0.2, 0.25) is 5.91 Å². The number of carbonyl (C=O) groups is 1. The quantitative estimate of drug-likeness (QED) is 0.587. The summed E-state index contributed by atoms with van der Waals surface area (Å²) in [6, 6.07) is 0.227. The Morgan fingerprint density at radius 2 is 1.88 bits per heavy atom. The van der Waals surface area contributed by atoms with Crippen molar-refractivity contribution in [2.45, 2.75) is 31.7 Å². The molecule has 0 spiro atoms. The smallest absolute Gasteiger partial charge is 0.235 e. The van der Waals surface area contributed by atoms with Crippen LogP contribution in [0.3, 0.4) is 0 Å². The molecule has 6 heteroatoms. The van der Waals surface area contributed by atoms with Crippen LogP contribution in [0.2, 0.25) is 0 Å². The highest BCUT2D eigenvalue weighted by Crippen LogP contribution is 2.27. The third-order valence-electron chi connectivity index (χ3n) is 3.01. The van der Waals surface area contributed by atoms with Crippen LogP contribution in [0, 0.1) is 5.92 Å². The maximum absolute atomic E-state index is 11.6. The zero-order valence-electron chi connectivity index (χ0n) is 9.94. The molecule has 0 aliphatic heterocycles. The van der Waals surface area contributed by atoms with Crippen LogP contribution in [-0.4, -0.2) is 45.0 Å². The second-order valence-electron chi connectivity index (χ2n) is 5.08. The van der Waals surface area contributed by atoms with Crippen LogP contribution < -0.4 is 10.6 Å². The second-order valence-corrected chi connectivity index (χ2v) is 7.27. The van der Waals surface area contributed by atoms with Gasteiger partial charge in [-0.15, -0.1) is 0 Å². The predicted octanol–water partition coefficient (Wildman–Crippen LogP) is -0.321. The Morgan fingerprint density at radius 3 is 2.47 bits per heavy atom. The molecular formula is C11H20N2O3S. The fourth-order valence-corrected chi connectivity index (χ4v) is 2.71. The van der Waals surface area contributed by atoms with E-state index in [1.807, 2.05) is 0 Å². The highest BCUT2D eigenvalue weighted by atomic mass is 32.2. The molecule has 2 N–H and O–H groups in total. The van der Waals surface area contributed by atoms with Crippen LogP contribution in [0.25, 0.3) is 0 Å². The predicted molar refractivity (Wildman–Crippen MR) is 65.4 cm³/mol. The van der Waals surface area contributed by atoms with Crippen molar-refractivity contribution < 1.29 is 13.2 Å². The maximum Gasteiger partial charge on any atom is 0.235 e. The van der Waals surface area contributed by atoms with Gasteiger partial charge in [-0.25, -0.2) is 8.42 Å². The molecule has 5 nitrogen and oxygen atoms in total. The van der Waals surface area contributed by atoms with E-state index in [1.54, 1.807) is 0 Å². The molecule has 17 heavy (non-hydrogen) atoms. The van der Waals surface area contributed by atoms with E-state index in [4.69, 9.17) is 0 Å². The topological polar surface area (TPSA) is 75.3 Å². The molecule has 2 aliphatic rings. The monoisotopic (exact) mass is 260 g/mol. The van der Waals surface area contributed by atoms with Crippen LogP contribution in [0.15, 0.2) is 0 Å². The Kier molecular flexibility index (Phi) is 4.04. The molecule has 0 bridgehead atoms. The highest BCUT2D eigenvalue weighted by Gasteiger charge is 2.26. The highest BCUT2D eigenvalue weighted by molar-refractivity contribution is 7.92. The number of rotatable bonds is 8. The summed E-state index contributed by atoms with van der Waals surface area (Å²) < 4.78 is 23.2. The largest absolute Gasteiger partial charge is 0.352 e. The number of sulfone groups is 1.